The first-order valence-electron chi connectivity index (χ1n) is 17.0. The van der Waals surface area contributed by atoms with Gasteiger partial charge in [-0.05, 0) is 69.2 Å². The van der Waals surface area contributed by atoms with Crippen molar-refractivity contribution in [3.63, 3.8) is 0 Å². The number of fused-ring (bicyclic) bond motifs is 1. The number of Topliss-reactive ketones (excluding diaryl/α,β-unsaturated/α-hetero) is 1. The Kier molecular flexibility index (Phi) is 14.6. The van der Waals surface area contributed by atoms with Gasteiger partial charge in [-0.2, -0.15) is 0 Å². The van der Waals surface area contributed by atoms with Gasteiger partial charge in [-0.3, -0.25) is 19.4 Å². The molecule has 1 atom stereocenters. The van der Waals surface area contributed by atoms with E-state index in [0.29, 0.717) is 18.1 Å². The van der Waals surface area contributed by atoms with E-state index in [2.05, 4.69) is 75.4 Å². The van der Waals surface area contributed by atoms with Crippen LogP contribution in [0.5, 0.6) is 0 Å². The van der Waals surface area contributed by atoms with Crippen LogP contribution < -0.4 is 0 Å². The molecule has 2 aromatic carbocycles. The largest absolute Gasteiger partial charge is 0.343 e. The molecule has 2 aliphatic rings. The van der Waals surface area contributed by atoms with Gasteiger partial charge in [0.15, 0.2) is 0 Å². The minimum Gasteiger partial charge on any atom is -0.343 e. The quantitative estimate of drug-likeness (QED) is 0.289. The predicted molar refractivity (Wildman–Crippen MR) is 173 cm³/mol. The lowest BCUT2D eigenvalue weighted by Crippen LogP contribution is -2.46. The van der Waals surface area contributed by atoms with Crippen molar-refractivity contribution in [3.8, 4) is 0 Å². The average Bonchev–Trinajstić information content (AvgIpc) is 3.02. The first kappa shape index (κ1) is 32.4. The standard InChI is InChI=1S/C37H55N3O2/c41-36-24-12-4-2-1-3-5-13-25-37(42)40(30-18-29-39-27-15-14-23-35(36)39)28-17-16-26-38(31-33-19-8-6-9-20-33)32-34-21-10-7-11-22-34/h6-11,19-22,35H,1-5,12-18,23-32H2/t35-/m1/s1. The van der Waals surface area contributed by atoms with E-state index in [-0.39, 0.29) is 6.04 Å². The van der Waals surface area contributed by atoms with Crippen LogP contribution in [0.3, 0.4) is 0 Å². The van der Waals surface area contributed by atoms with Crippen molar-refractivity contribution in [2.24, 2.45) is 0 Å². The Bertz CT molecular complexity index is 986. The third-order valence-corrected chi connectivity index (χ3v) is 9.18. The van der Waals surface area contributed by atoms with Gasteiger partial charge in [0.1, 0.15) is 5.78 Å². The number of benzene rings is 2. The monoisotopic (exact) mass is 573 g/mol. The molecule has 2 fully saturated rings. The fraction of sp³-hybridized carbons (Fsp3) is 0.622. The van der Waals surface area contributed by atoms with E-state index in [1.807, 2.05) is 0 Å². The number of amides is 1. The van der Waals surface area contributed by atoms with E-state index in [9.17, 15) is 9.59 Å². The second-order valence-electron chi connectivity index (χ2n) is 12.6. The Morgan fingerprint density at radius 2 is 1.21 bits per heavy atom. The predicted octanol–water partition coefficient (Wildman–Crippen LogP) is 7.64. The summed E-state index contributed by atoms with van der Waals surface area (Å²) in [6.07, 6.45) is 15.9. The fourth-order valence-corrected chi connectivity index (χ4v) is 6.77. The first-order chi connectivity index (χ1) is 20.7. The Hall–Kier alpha value is -2.50. The number of rotatable bonds is 9. The van der Waals surface area contributed by atoms with Gasteiger partial charge in [0.25, 0.3) is 0 Å². The summed E-state index contributed by atoms with van der Waals surface area (Å²) in [7, 11) is 0. The summed E-state index contributed by atoms with van der Waals surface area (Å²) in [4.78, 5) is 33.5. The molecule has 230 valence electrons. The van der Waals surface area contributed by atoms with Gasteiger partial charge in [0.05, 0.1) is 6.04 Å². The zero-order chi connectivity index (χ0) is 29.2. The number of hydrogen-bond donors (Lipinski definition) is 0. The number of nitrogens with zero attached hydrogens (tertiary/aromatic N) is 3. The van der Waals surface area contributed by atoms with Crippen molar-refractivity contribution in [2.45, 2.75) is 115 Å². The van der Waals surface area contributed by atoms with Gasteiger partial charge in [-0.15, -0.1) is 0 Å². The van der Waals surface area contributed by atoms with Crippen LogP contribution in [0.1, 0.15) is 107 Å². The molecule has 0 N–H and O–H groups in total. The van der Waals surface area contributed by atoms with Crippen molar-refractivity contribution < 1.29 is 9.59 Å². The summed E-state index contributed by atoms with van der Waals surface area (Å²) in [5.74, 6) is 0.790. The summed E-state index contributed by atoms with van der Waals surface area (Å²) >= 11 is 0. The molecule has 2 aliphatic heterocycles. The molecule has 2 heterocycles. The highest BCUT2D eigenvalue weighted by molar-refractivity contribution is 5.84. The molecule has 42 heavy (non-hydrogen) atoms. The lowest BCUT2D eigenvalue weighted by atomic mass is 9.95. The molecule has 0 radical (unpaired) electrons. The Labute approximate surface area is 255 Å². The number of carbonyl (C=O) groups excluding carboxylic acids is 2. The van der Waals surface area contributed by atoms with Crippen molar-refractivity contribution in [1.82, 2.24) is 14.7 Å². The van der Waals surface area contributed by atoms with E-state index in [0.717, 1.165) is 97.2 Å². The van der Waals surface area contributed by atoms with Gasteiger partial charge < -0.3 is 4.90 Å². The molecule has 0 saturated carbocycles. The van der Waals surface area contributed by atoms with Crippen molar-refractivity contribution >= 4 is 11.7 Å². The third kappa shape index (κ3) is 11.6. The molecule has 5 nitrogen and oxygen atoms in total. The second kappa shape index (κ2) is 18.9. The lowest BCUT2D eigenvalue weighted by molar-refractivity contribution is -0.132. The molecule has 0 unspecified atom stereocenters. The fourth-order valence-electron chi connectivity index (χ4n) is 6.77. The molecule has 2 saturated heterocycles. The number of carbonyl (C=O) groups is 2. The zero-order valence-corrected chi connectivity index (χ0v) is 26.1. The highest BCUT2D eigenvalue weighted by atomic mass is 16.2. The van der Waals surface area contributed by atoms with E-state index in [4.69, 9.17) is 0 Å². The van der Waals surface area contributed by atoms with E-state index in [1.54, 1.807) is 0 Å². The number of ketones is 1. The maximum absolute atomic E-state index is 13.4. The molecule has 5 heteroatoms. The number of hydrogen-bond acceptors (Lipinski definition) is 4. The van der Waals surface area contributed by atoms with Crippen molar-refractivity contribution in [2.75, 3.05) is 32.7 Å². The van der Waals surface area contributed by atoms with Crippen molar-refractivity contribution in [3.05, 3.63) is 71.8 Å². The van der Waals surface area contributed by atoms with E-state index < -0.39 is 0 Å². The summed E-state index contributed by atoms with van der Waals surface area (Å²) < 4.78 is 0. The van der Waals surface area contributed by atoms with Crippen LogP contribution >= 0.6 is 0 Å². The molecule has 2 aromatic rings. The van der Waals surface area contributed by atoms with Crippen LogP contribution in [-0.2, 0) is 22.7 Å². The van der Waals surface area contributed by atoms with Gasteiger partial charge in [-0.25, -0.2) is 0 Å². The van der Waals surface area contributed by atoms with Gasteiger partial charge in [0.2, 0.25) is 5.91 Å². The number of unbranched alkanes of at least 4 members (excludes halogenated alkanes) is 1. The number of piperidine rings is 1. The van der Waals surface area contributed by atoms with E-state index >= 15 is 0 Å². The van der Waals surface area contributed by atoms with Crippen LogP contribution in [0.4, 0.5) is 0 Å². The van der Waals surface area contributed by atoms with Gasteiger partial charge in [0, 0.05) is 45.6 Å². The van der Waals surface area contributed by atoms with Crippen molar-refractivity contribution in [1.29, 1.82) is 0 Å². The molecule has 1 amide bonds. The van der Waals surface area contributed by atoms with E-state index in [1.165, 1.54) is 49.7 Å². The molecule has 0 bridgehead atoms. The highest BCUT2D eigenvalue weighted by Gasteiger charge is 2.28. The maximum Gasteiger partial charge on any atom is 0.222 e. The Morgan fingerprint density at radius 3 is 1.88 bits per heavy atom. The Balaban J connectivity index is 1.31. The van der Waals surface area contributed by atoms with Crippen LogP contribution in [0.15, 0.2) is 60.7 Å². The normalized spacial score (nSPS) is 20.8. The third-order valence-electron chi connectivity index (χ3n) is 9.18. The lowest BCUT2D eigenvalue weighted by Gasteiger charge is -2.35. The maximum atomic E-state index is 13.4. The first-order valence-corrected chi connectivity index (χ1v) is 17.0. The smallest absolute Gasteiger partial charge is 0.222 e. The van der Waals surface area contributed by atoms with Crippen LogP contribution in [-0.4, -0.2) is 65.2 Å². The summed E-state index contributed by atoms with van der Waals surface area (Å²) in [6, 6.07) is 21.6. The average molecular weight is 574 g/mol. The topological polar surface area (TPSA) is 43.9 Å². The SMILES string of the molecule is O=C1CCCCCCCCCC(=O)N(CCCCN(Cc2ccccc2)Cc2ccccc2)CCCN2CCCC[C@H]12. The molecule has 4 rings (SSSR count). The second-order valence-corrected chi connectivity index (χ2v) is 12.6. The minimum atomic E-state index is 0.110. The Morgan fingerprint density at radius 1 is 0.619 bits per heavy atom. The molecule has 0 aromatic heterocycles. The molecule has 0 aliphatic carbocycles. The minimum absolute atomic E-state index is 0.110. The molecular weight excluding hydrogens is 518 g/mol. The van der Waals surface area contributed by atoms with Crippen LogP contribution in [0, 0.1) is 0 Å². The summed E-state index contributed by atoms with van der Waals surface area (Å²) in [5.41, 5.74) is 2.69. The summed E-state index contributed by atoms with van der Waals surface area (Å²) in [5, 5.41) is 0. The van der Waals surface area contributed by atoms with Gasteiger partial charge in [-0.1, -0.05) is 99.2 Å². The van der Waals surface area contributed by atoms with Crippen LogP contribution in [0.2, 0.25) is 0 Å². The molecular formula is C37H55N3O2. The van der Waals surface area contributed by atoms with Gasteiger partial charge >= 0.3 is 0 Å². The van der Waals surface area contributed by atoms with Crippen LogP contribution in [0.25, 0.3) is 0 Å². The zero-order valence-electron chi connectivity index (χ0n) is 26.1. The molecule has 0 spiro atoms. The summed E-state index contributed by atoms with van der Waals surface area (Å²) in [6.45, 7) is 6.51. The highest BCUT2D eigenvalue weighted by Crippen LogP contribution is 2.21.